The van der Waals surface area contributed by atoms with Crippen LogP contribution in [0.25, 0.3) is 5.69 Å². The van der Waals surface area contributed by atoms with Crippen LogP contribution < -0.4 is 10.6 Å². The molecule has 8 heteroatoms. The van der Waals surface area contributed by atoms with Gasteiger partial charge in [-0.2, -0.15) is 5.10 Å². The summed E-state index contributed by atoms with van der Waals surface area (Å²) in [5.74, 6) is 0.182. The van der Waals surface area contributed by atoms with E-state index in [-0.39, 0.29) is 23.9 Å². The highest BCUT2D eigenvalue weighted by Gasteiger charge is 2.23. The molecule has 3 rings (SSSR count). The molecule has 0 radical (unpaired) electrons. The summed E-state index contributed by atoms with van der Waals surface area (Å²) in [7, 11) is 0. The molecular weight excluding hydrogens is 462 g/mol. The quantitative estimate of drug-likeness (QED) is 0.402. The fourth-order valence-corrected chi connectivity index (χ4v) is 3.76. The van der Waals surface area contributed by atoms with Crippen LogP contribution in [-0.2, 0) is 10.2 Å². The number of anilines is 2. The second kappa shape index (κ2) is 11.0. The molecule has 0 atom stereocenters. The van der Waals surface area contributed by atoms with E-state index in [1.807, 2.05) is 63.2 Å². The molecule has 186 valence electrons. The number of para-hydroxylation sites is 1. The van der Waals surface area contributed by atoms with Crippen LogP contribution in [0.2, 0.25) is 5.02 Å². The van der Waals surface area contributed by atoms with Crippen LogP contribution in [0.3, 0.4) is 0 Å². The van der Waals surface area contributed by atoms with Crippen molar-refractivity contribution in [2.24, 2.45) is 0 Å². The fraction of sp³-hybridized carbons (Fsp3) is 0.370. The summed E-state index contributed by atoms with van der Waals surface area (Å²) in [5, 5.41) is 11.1. The van der Waals surface area contributed by atoms with E-state index in [4.69, 9.17) is 16.7 Å². The highest BCUT2D eigenvalue weighted by atomic mass is 35.5. The number of carbonyl (C=O) groups is 2. The second-order valence-corrected chi connectivity index (χ2v) is 10.1. The summed E-state index contributed by atoms with van der Waals surface area (Å²) >= 11 is 6.42. The standard InChI is InChI=1S/C27H34ClN5O2/c1-7-14-32(26(35)29-20-13-12-18(2)19(3)15-20)17-25(34)30-24-16-23(27(4,5)6)31-33(24)22-11-9-8-10-21(22)28/h8-13,15-16H,7,14,17H2,1-6H3,(H,29,35)(H,30,34). The molecule has 0 saturated heterocycles. The molecular formula is C27H34ClN5O2. The predicted molar refractivity (Wildman–Crippen MR) is 143 cm³/mol. The van der Waals surface area contributed by atoms with Gasteiger partial charge in [-0.05, 0) is 55.7 Å². The van der Waals surface area contributed by atoms with Crippen molar-refractivity contribution in [3.05, 3.63) is 70.4 Å². The first-order chi connectivity index (χ1) is 16.5. The summed E-state index contributed by atoms with van der Waals surface area (Å²) in [4.78, 5) is 27.5. The highest BCUT2D eigenvalue weighted by Crippen LogP contribution is 2.29. The number of rotatable bonds is 7. The van der Waals surface area contributed by atoms with Gasteiger partial charge in [0.15, 0.2) is 0 Å². The SMILES string of the molecule is CCCN(CC(=O)Nc1cc(C(C)(C)C)nn1-c1ccccc1Cl)C(=O)Nc1ccc(C)c(C)c1. The van der Waals surface area contributed by atoms with Crippen LogP contribution >= 0.6 is 11.6 Å². The Kier molecular flexibility index (Phi) is 8.22. The minimum Gasteiger partial charge on any atom is -0.315 e. The number of aromatic nitrogens is 2. The Hall–Kier alpha value is -3.32. The lowest BCUT2D eigenvalue weighted by molar-refractivity contribution is -0.116. The Morgan fingerprint density at radius 2 is 1.74 bits per heavy atom. The third-order valence-corrected chi connectivity index (χ3v) is 6.02. The van der Waals surface area contributed by atoms with E-state index in [0.717, 1.165) is 23.2 Å². The number of hydrogen-bond donors (Lipinski definition) is 2. The average molecular weight is 496 g/mol. The molecule has 2 aromatic carbocycles. The normalized spacial score (nSPS) is 11.3. The van der Waals surface area contributed by atoms with Crippen LogP contribution in [0, 0.1) is 13.8 Å². The van der Waals surface area contributed by atoms with E-state index < -0.39 is 0 Å². The third kappa shape index (κ3) is 6.63. The average Bonchev–Trinajstić information content (AvgIpc) is 3.20. The fourth-order valence-electron chi connectivity index (χ4n) is 3.54. The maximum atomic E-state index is 13.1. The molecule has 0 unspecified atom stereocenters. The van der Waals surface area contributed by atoms with E-state index in [1.54, 1.807) is 10.7 Å². The number of nitrogens with one attached hydrogen (secondary N) is 2. The van der Waals surface area contributed by atoms with Crippen molar-refractivity contribution in [3.63, 3.8) is 0 Å². The first-order valence-electron chi connectivity index (χ1n) is 11.8. The van der Waals surface area contributed by atoms with Crippen molar-refractivity contribution >= 4 is 35.0 Å². The zero-order valence-electron chi connectivity index (χ0n) is 21.3. The molecule has 0 aliphatic heterocycles. The summed E-state index contributed by atoms with van der Waals surface area (Å²) < 4.78 is 1.64. The van der Waals surface area contributed by atoms with Crippen molar-refractivity contribution in [3.8, 4) is 5.69 Å². The topological polar surface area (TPSA) is 79.3 Å². The first-order valence-corrected chi connectivity index (χ1v) is 12.2. The molecule has 3 amide bonds. The molecule has 0 aliphatic rings. The number of aryl methyl sites for hydroxylation is 2. The molecule has 2 N–H and O–H groups in total. The molecule has 7 nitrogen and oxygen atoms in total. The van der Waals surface area contributed by atoms with Gasteiger partial charge in [-0.15, -0.1) is 0 Å². The molecule has 1 heterocycles. The van der Waals surface area contributed by atoms with Crippen molar-refractivity contribution < 1.29 is 9.59 Å². The van der Waals surface area contributed by atoms with Gasteiger partial charge >= 0.3 is 6.03 Å². The number of urea groups is 1. The zero-order valence-corrected chi connectivity index (χ0v) is 22.0. The minimum absolute atomic E-state index is 0.0942. The highest BCUT2D eigenvalue weighted by molar-refractivity contribution is 6.32. The van der Waals surface area contributed by atoms with Gasteiger partial charge in [-0.1, -0.05) is 57.5 Å². The Balaban J connectivity index is 1.80. The van der Waals surface area contributed by atoms with E-state index >= 15 is 0 Å². The largest absolute Gasteiger partial charge is 0.322 e. The van der Waals surface area contributed by atoms with Crippen molar-refractivity contribution in [2.75, 3.05) is 23.7 Å². The van der Waals surface area contributed by atoms with Crippen molar-refractivity contribution in [1.29, 1.82) is 0 Å². The summed E-state index contributed by atoms with van der Waals surface area (Å²) in [6.07, 6.45) is 0.722. The number of amides is 3. The lowest BCUT2D eigenvalue weighted by Crippen LogP contribution is -2.41. The number of nitrogens with zero attached hydrogens (tertiary/aromatic N) is 3. The van der Waals surface area contributed by atoms with Gasteiger partial charge in [0.2, 0.25) is 5.91 Å². The van der Waals surface area contributed by atoms with E-state index in [9.17, 15) is 9.59 Å². The van der Waals surface area contributed by atoms with Gasteiger partial charge in [0, 0.05) is 23.7 Å². The Bertz CT molecular complexity index is 1210. The van der Waals surface area contributed by atoms with Crippen molar-refractivity contribution in [2.45, 2.75) is 53.4 Å². The van der Waals surface area contributed by atoms with Crippen LogP contribution in [-0.4, -0.2) is 39.7 Å². The first kappa shape index (κ1) is 26.3. The van der Waals surface area contributed by atoms with Gasteiger partial charge in [0.25, 0.3) is 0 Å². The molecule has 0 aliphatic carbocycles. The third-order valence-electron chi connectivity index (χ3n) is 5.70. The molecule has 1 aromatic heterocycles. The van der Waals surface area contributed by atoms with Gasteiger partial charge < -0.3 is 15.5 Å². The molecule has 0 bridgehead atoms. The lowest BCUT2D eigenvalue weighted by atomic mass is 9.92. The van der Waals surface area contributed by atoms with Crippen LogP contribution in [0.4, 0.5) is 16.3 Å². The van der Waals surface area contributed by atoms with Crippen LogP contribution in [0.15, 0.2) is 48.5 Å². The minimum atomic E-state index is -0.319. The number of benzene rings is 2. The maximum absolute atomic E-state index is 13.1. The molecule has 3 aromatic rings. The molecule has 0 saturated carbocycles. The summed E-state index contributed by atoms with van der Waals surface area (Å²) in [5.41, 5.74) is 4.18. The number of hydrogen-bond acceptors (Lipinski definition) is 3. The smallest absolute Gasteiger partial charge is 0.315 e. The Morgan fingerprint density at radius 1 is 1.03 bits per heavy atom. The molecule has 0 fully saturated rings. The van der Waals surface area contributed by atoms with E-state index in [0.29, 0.717) is 28.8 Å². The summed E-state index contributed by atoms with van der Waals surface area (Å²) in [6, 6.07) is 14.6. The number of carbonyl (C=O) groups excluding carboxylic acids is 2. The number of halogens is 1. The van der Waals surface area contributed by atoms with Crippen LogP contribution in [0.5, 0.6) is 0 Å². The van der Waals surface area contributed by atoms with Crippen LogP contribution in [0.1, 0.15) is 50.9 Å². The molecule has 35 heavy (non-hydrogen) atoms. The van der Waals surface area contributed by atoms with Gasteiger partial charge in [-0.3, -0.25) is 4.79 Å². The second-order valence-electron chi connectivity index (χ2n) is 9.73. The van der Waals surface area contributed by atoms with Crippen molar-refractivity contribution in [1.82, 2.24) is 14.7 Å². The van der Waals surface area contributed by atoms with Gasteiger partial charge in [-0.25, -0.2) is 9.48 Å². The van der Waals surface area contributed by atoms with Gasteiger partial charge in [0.1, 0.15) is 12.4 Å². The maximum Gasteiger partial charge on any atom is 0.322 e. The van der Waals surface area contributed by atoms with Gasteiger partial charge in [0.05, 0.1) is 16.4 Å². The monoisotopic (exact) mass is 495 g/mol. The van der Waals surface area contributed by atoms with E-state index in [1.165, 1.54) is 4.90 Å². The Labute approximate surface area is 212 Å². The Morgan fingerprint density at radius 3 is 2.37 bits per heavy atom. The summed E-state index contributed by atoms with van der Waals surface area (Å²) in [6.45, 7) is 12.5. The predicted octanol–water partition coefficient (Wildman–Crippen LogP) is 6.32. The zero-order chi connectivity index (χ0) is 25.8. The lowest BCUT2D eigenvalue weighted by Gasteiger charge is -2.22. The molecule has 0 spiro atoms. The van der Waals surface area contributed by atoms with E-state index in [2.05, 4.69) is 31.4 Å².